The van der Waals surface area contributed by atoms with Crippen LogP contribution in [0, 0.1) is 5.92 Å². The molecule has 200 valence electrons. The molecule has 1 aliphatic heterocycles. The van der Waals surface area contributed by atoms with Crippen LogP contribution in [-0.4, -0.2) is 49.1 Å². The maximum atomic E-state index is 13.7. The standard InChI is InChI=1S/C27H29F2N5O4/c1-17(2)34-23-21(25(36)32(26(34)37)12-7-13-35)33(15-18-8-4-3-5-9-18)22(31-23)20-10-6-11-30-24(20)38-16-19-14-27(19,28)29/h3-4,8,11,17,19,35H,6-7,10,12-16H2,1-2H3. The topological polar surface area (TPSA) is 104 Å². The molecule has 11 heteroatoms. The fraction of sp³-hybridized carbons (Fsp3) is 0.481. The first-order valence-corrected chi connectivity index (χ1v) is 12.7. The molecule has 3 aliphatic rings. The largest absolute Gasteiger partial charge is 0.477 e. The van der Waals surface area contributed by atoms with Crippen LogP contribution >= 0.6 is 0 Å². The van der Waals surface area contributed by atoms with E-state index in [9.17, 15) is 23.5 Å². The van der Waals surface area contributed by atoms with Crippen LogP contribution in [-0.2, 0) is 17.8 Å². The van der Waals surface area contributed by atoms with Crippen molar-refractivity contribution in [3.05, 3.63) is 67.8 Å². The van der Waals surface area contributed by atoms with Gasteiger partial charge in [-0.05, 0) is 45.3 Å². The normalized spacial score (nSPS) is 19.6. The summed E-state index contributed by atoms with van der Waals surface area (Å²) >= 11 is 0. The minimum Gasteiger partial charge on any atom is -0.477 e. The van der Waals surface area contributed by atoms with Crippen molar-refractivity contribution >= 4 is 23.0 Å². The lowest BCUT2D eigenvalue weighted by Gasteiger charge is -2.17. The fourth-order valence-corrected chi connectivity index (χ4v) is 4.68. The number of alkyl halides is 2. The molecule has 0 aromatic carbocycles. The summed E-state index contributed by atoms with van der Waals surface area (Å²) in [6.07, 6.45) is 8.11. The van der Waals surface area contributed by atoms with Gasteiger partial charge in [0.05, 0.1) is 24.6 Å². The third-order valence-corrected chi connectivity index (χ3v) is 6.79. The molecule has 0 spiro atoms. The van der Waals surface area contributed by atoms with Crippen molar-refractivity contribution in [2.24, 2.45) is 10.9 Å². The summed E-state index contributed by atoms with van der Waals surface area (Å²) in [5.41, 5.74) is 6.68. The van der Waals surface area contributed by atoms with Crippen LogP contribution in [0.15, 0.2) is 55.7 Å². The van der Waals surface area contributed by atoms with E-state index >= 15 is 0 Å². The van der Waals surface area contributed by atoms with Gasteiger partial charge >= 0.3 is 5.69 Å². The lowest BCUT2D eigenvalue weighted by atomic mass is 10.1. The van der Waals surface area contributed by atoms with Crippen LogP contribution in [0.4, 0.5) is 8.78 Å². The zero-order chi connectivity index (χ0) is 27.0. The Hall–Kier alpha value is -3.78. The number of nitrogens with zero attached hydrogens (tertiary/aromatic N) is 5. The molecule has 0 amide bonds. The first-order chi connectivity index (χ1) is 18.2. The summed E-state index contributed by atoms with van der Waals surface area (Å²) in [6.45, 7) is 3.57. The van der Waals surface area contributed by atoms with Gasteiger partial charge in [0.2, 0.25) is 5.88 Å². The molecule has 1 N–H and O–H groups in total. The number of imidazole rings is 1. The molecule has 38 heavy (non-hydrogen) atoms. The van der Waals surface area contributed by atoms with Gasteiger partial charge in [-0.3, -0.25) is 13.9 Å². The van der Waals surface area contributed by atoms with Crippen LogP contribution in [0.3, 0.4) is 0 Å². The van der Waals surface area contributed by atoms with Crippen molar-refractivity contribution in [3.8, 4) is 0 Å². The van der Waals surface area contributed by atoms with Gasteiger partial charge in [0.25, 0.3) is 11.5 Å². The first-order valence-electron chi connectivity index (χ1n) is 12.7. The predicted molar refractivity (Wildman–Crippen MR) is 138 cm³/mol. The molecule has 9 nitrogen and oxygen atoms in total. The van der Waals surface area contributed by atoms with Gasteiger partial charge in [-0.15, -0.1) is 0 Å². The second-order valence-electron chi connectivity index (χ2n) is 9.90. The quantitative estimate of drug-likeness (QED) is 0.480. The van der Waals surface area contributed by atoms with Gasteiger partial charge < -0.3 is 14.4 Å². The molecule has 1 fully saturated rings. The first kappa shape index (κ1) is 25.9. The summed E-state index contributed by atoms with van der Waals surface area (Å²) in [7, 11) is 0. The van der Waals surface area contributed by atoms with Gasteiger partial charge in [-0.25, -0.2) is 23.6 Å². The maximum Gasteiger partial charge on any atom is 0.332 e. The Labute approximate surface area is 217 Å². The van der Waals surface area contributed by atoms with Gasteiger partial charge in [0.1, 0.15) is 5.82 Å². The third kappa shape index (κ3) is 4.76. The molecular weight excluding hydrogens is 496 g/mol. The van der Waals surface area contributed by atoms with Crippen LogP contribution in [0.1, 0.15) is 51.4 Å². The smallest absolute Gasteiger partial charge is 0.332 e. The average molecular weight is 526 g/mol. The molecule has 3 heterocycles. The predicted octanol–water partition coefficient (Wildman–Crippen LogP) is 3.33. The summed E-state index contributed by atoms with van der Waals surface area (Å²) < 4.78 is 37.1. The van der Waals surface area contributed by atoms with Gasteiger partial charge in [0, 0.05) is 37.4 Å². The maximum absolute atomic E-state index is 13.7. The number of fused-ring (bicyclic) bond motifs is 1. The zero-order valence-corrected chi connectivity index (χ0v) is 21.3. The van der Waals surface area contributed by atoms with E-state index in [1.54, 1.807) is 16.9 Å². The van der Waals surface area contributed by atoms with Crippen molar-refractivity contribution in [1.82, 2.24) is 18.7 Å². The zero-order valence-electron chi connectivity index (χ0n) is 21.3. The summed E-state index contributed by atoms with van der Waals surface area (Å²) in [4.78, 5) is 36.3. The van der Waals surface area contributed by atoms with Crippen LogP contribution in [0.25, 0.3) is 16.7 Å². The number of aliphatic hydroxyl groups is 1. The number of halogens is 2. The minimum absolute atomic E-state index is 0.0551. The minimum atomic E-state index is -2.72. The summed E-state index contributed by atoms with van der Waals surface area (Å²) in [5.74, 6) is -3.00. The third-order valence-electron chi connectivity index (χ3n) is 6.79. The number of allylic oxidation sites excluding steroid dienone is 5. The Balaban J connectivity index is 1.75. The van der Waals surface area contributed by atoms with E-state index in [-0.39, 0.29) is 62.2 Å². The van der Waals surface area contributed by atoms with Crippen molar-refractivity contribution in [2.45, 2.75) is 64.6 Å². The summed E-state index contributed by atoms with van der Waals surface area (Å²) in [6, 6.07) is -0.315. The van der Waals surface area contributed by atoms with Crippen molar-refractivity contribution in [2.75, 3.05) is 13.2 Å². The second-order valence-corrected chi connectivity index (χ2v) is 9.90. The number of hydrogen-bond donors (Lipinski definition) is 1. The molecule has 1 saturated carbocycles. The highest BCUT2D eigenvalue weighted by molar-refractivity contribution is 5.80. The molecule has 2 aromatic rings. The number of aromatic nitrogens is 4. The lowest BCUT2D eigenvalue weighted by molar-refractivity contribution is 0.0735. The fourth-order valence-electron chi connectivity index (χ4n) is 4.68. The van der Waals surface area contributed by atoms with E-state index in [2.05, 4.69) is 16.5 Å². The molecule has 5 rings (SSSR count). The molecule has 0 bridgehead atoms. The van der Waals surface area contributed by atoms with Gasteiger partial charge in [-0.1, -0.05) is 17.5 Å². The number of aliphatic hydroxyl groups excluding tert-OH is 1. The molecule has 1 atom stereocenters. The number of ether oxygens (including phenoxy) is 1. The van der Waals surface area contributed by atoms with Crippen LogP contribution in [0.5, 0.6) is 0 Å². The van der Waals surface area contributed by atoms with Crippen molar-refractivity contribution in [1.29, 1.82) is 0 Å². The Morgan fingerprint density at radius 2 is 2.08 bits per heavy atom. The SMILES string of the molecule is CC(C)n1c(=O)n(CCCO)c(=O)c2c1nc(C1=C(OCC3CC3(F)F)N=CCC1)n2CC1=C=C=CC=C1. The van der Waals surface area contributed by atoms with Crippen molar-refractivity contribution < 1.29 is 18.6 Å². The highest BCUT2D eigenvalue weighted by Gasteiger charge is 2.57. The molecule has 0 saturated heterocycles. The van der Waals surface area contributed by atoms with Crippen LogP contribution < -0.4 is 11.2 Å². The van der Waals surface area contributed by atoms with Crippen LogP contribution in [0.2, 0.25) is 0 Å². The Morgan fingerprint density at radius 1 is 1.29 bits per heavy atom. The molecule has 0 radical (unpaired) electrons. The molecular formula is C27H29F2N5O4. The Morgan fingerprint density at radius 3 is 2.74 bits per heavy atom. The number of aliphatic imine (C=N–C) groups is 1. The average Bonchev–Trinajstić information content (AvgIpc) is 3.35. The van der Waals surface area contributed by atoms with Gasteiger partial charge in [0.15, 0.2) is 11.2 Å². The second kappa shape index (κ2) is 10.2. The summed E-state index contributed by atoms with van der Waals surface area (Å²) in [5, 5.41) is 9.35. The van der Waals surface area contributed by atoms with E-state index in [1.165, 1.54) is 4.57 Å². The van der Waals surface area contributed by atoms with E-state index in [4.69, 9.17) is 9.72 Å². The monoisotopic (exact) mass is 525 g/mol. The van der Waals surface area contributed by atoms with Crippen molar-refractivity contribution in [3.63, 3.8) is 0 Å². The molecule has 1 unspecified atom stereocenters. The molecule has 2 aliphatic carbocycles. The number of hydrogen-bond acceptors (Lipinski definition) is 6. The lowest BCUT2D eigenvalue weighted by Crippen LogP contribution is -2.41. The highest BCUT2D eigenvalue weighted by Crippen LogP contribution is 2.49. The molecule has 2 aromatic heterocycles. The van der Waals surface area contributed by atoms with E-state index in [1.807, 2.05) is 26.0 Å². The number of rotatable bonds is 10. The highest BCUT2D eigenvalue weighted by atomic mass is 19.3. The Kier molecular flexibility index (Phi) is 6.92. The van der Waals surface area contributed by atoms with E-state index in [0.29, 0.717) is 24.2 Å². The Bertz CT molecular complexity index is 1590. The van der Waals surface area contributed by atoms with E-state index in [0.717, 1.165) is 10.1 Å². The van der Waals surface area contributed by atoms with E-state index < -0.39 is 23.1 Å². The van der Waals surface area contributed by atoms with Gasteiger partial charge in [-0.2, -0.15) is 0 Å².